The van der Waals surface area contributed by atoms with E-state index in [1.165, 1.54) is 20.5 Å². The van der Waals surface area contributed by atoms with E-state index < -0.39 is 24.0 Å². The summed E-state index contributed by atoms with van der Waals surface area (Å²) in [6.45, 7) is 1.47. The van der Waals surface area contributed by atoms with E-state index in [1.807, 2.05) is 0 Å². The van der Waals surface area contributed by atoms with Gasteiger partial charge in [-0.05, 0) is 36.8 Å². The van der Waals surface area contributed by atoms with Gasteiger partial charge in [-0.25, -0.2) is 9.59 Å². The molecule has 1 aromatic heterocycles. The minimum Gasteiger partial charge on any atom is -0.493 e. The van der Waals surface area contributed by atoms with Gasteiger partial charge in [0.2, 0.25) is 0 Å². The number of methoxy groups -OCH3 is 2. The molecule has 0 unspecified atom stereocenters. The third-order valence-corrected chi connectivity index (χ3v) is 4.65. The lowest BCUT2D eigenvalue weighted by atomic mass is 10.0. The Morgan fingerprint density at radius 2 is 1.88 bits per heavy atom. The molecule has 32 heavy (non-hydrogen) atoms. The smallest absolute Gasteiger partial charge is 0.338 e. The number of hydrogen-bond acceptors (Lipinski definition) is 8. The molecule has 0 fully saturated rings. The molecule has 0 aliphatic carbocycles. The molecule has 0 saturated heterocycles. The first-order chi connectivity index (χ1) is 15.5. The fraction of sp³-hybridized carbons (Fsp3) is 0.318. The number of carbonyl (C=O) groups excluding carboxylic acids is 3. The number of carbonyl (C=O) groups is 3. The van der Waals surface area contributed by atoms with E-state index in [-0.39, 0.29) is 30.9 Å². The molecule has 1 aliphatic heterocycles. The van der Waals surface area contributed by atoms with Crippen molar-refractivity contribution in [2.75, 3.05) is 27.4 Å². The van der Waals surface area contributed by atoms with E-state index in [1.54, 1.807) is 37.3 Å². The molecule has 3 rings (SSSR count). The maximum Gasteiger partial charge on any atom is 0.338 e. The van der Waals surface area contributed by atoms with Crippen LogP contribution in [-0.4, -0.2) is 45.4 Å². The Morgan fingerprint density at radius 3 is 2.53 bits per heavy atom. The van der Waals surface area contributed by atoms with Gasteiger partial charge in [-0.2, -0.15) is 0 Å². The van der Waals surface area contributed by atoms with E-state index in [2.05, 4.69) is 10.6 Å². The van der Waals surface area contributed by atoms with E-state index in [9.17, 15) is 14.4 Å². The van der Waals surface area contributed by atoms with Crippen LogP contribution in [0.5, 0.6) is 11.5 Å². The Bertz CT molecular complexity index is 1010. The fourth-order valence-electron chi connectivity index (χ4n) is 3.21. The monoisotopic (exact) mass is 444 g/mol. The van der Waals surface area contributed by atoms with Crippen LogP contribution in [0.1, 0.15) is 24.3 Å². The Hall–Kier alpha value is -3.95. The predicted octanol–water partition coefficient (Wildman–Crippen LogP) is 2.25. The van der Waals surface area contributed by atoms with Crippen LogP contribution in [0.3, 0.4) is 0 Å². The second kappa shape index (κ2) is 10.4. The molecule has 1 aromatic carbocycles. The van der Waals surface area contributed by atoms with E-state index in [4.69, 9.17) is 23.4 Å². The molecule has 2 N–H and O–H groups in total. The van der Waals surface area contributed by atoms with Gasteiger partial charge in [0.25, 0.3) is 0 Å². The summed E-state index contributed by atoms with van der Waals surface area (Å²) in [5.74, 6) is 0.145. The number of esters is 2. The lowest BCUT2D eigenvalue weighted by molar-refractivity contribution is -0.143. The van der Waals surface area contributed by atoms with Crippen LogP contribution >= 0.6 is 0 Å². The van der Waals surface area contributed by atoms with Crippen LogP contribution in [0, 0.1) is 0 Å². The number of hydrogen-bond donors (Lipinski definition) is 2. The van der Waals surface area contributed by atoms with Gasteiger partial charge in [0.15, 0.2) is 11.5 Å². The largest absolute Gasteiger partial charge is 0.493 e. The summed E-state index contributed by atoms with van der Waals surface area (Å²) in [5.41, 5.74) is 0.865. The van der Waals surface area contributed by atoms with Crippen LogP contribution in [0.25, 0.3) is 0 Å². The summed E-state index contributed by atoms with van der Waals surface area (Å²) >= 11 is 0. The summed E-state index contributed by atoms with van der Waals surface area (Å²) in [5, 5.41) is 5.14. The molecule has 1 aliphatic rings. The van der Waals surface area contributed by atoms with Crippen LogP contribution in [-0.2, 0) is 25.5 Å². The van der Waals surface area contributed by atoms with Gasteiger partial charge in [-0.1, -0.05) is 6.07 Å². The van der Waals surface area contributed by atoms with E-state index in [0.29, 0.717) is 22.8 Å². The highest BCUT2D eigenvalue weighted by molar-refractivity contribution is 5.95. The molecular weight excluding hydrogens is 420 g/mol. The second-order valence-electron chi connectivity index (χ2n) is 6.69. The minimum absolute atomic E-state index is 0.0455. The molecule has 2 heterocycles. The zero-order valence-corrected chi connectivity index (χ0v) is 17.9. The Labute approximate surface area is 184 Å². The summed E-state index contributed by atoms with van der Waals surface area (Å²) in [6, 6.07) is 6.88. The van der Waals surface area contributed by atoms with Crippen LogP contribution in [0.15, 0.2) is 52.3 Å². The first-order valence-electron chi connectivity index (χ1n) is 9.84. The Morgan fingerprint density at radius 1 is 1.09 bits per heavy atom. The molecule has 10 heteroatoms. The van der Waals surface area contributed by atoms with Crippen LogP contribution in [0.4, 0.5) is 4.79 Å². The highest BCUT2D eigenvalue weighted by Gasteiger charge is 2.35. The first-order valence-corrected chi connectivity index (χ1v) is 9.84. The van der Waals surface area contributed by atoms with Gasteiger partial charge < -0.3 is 34.0 Å². The highest BCUT2D eigenvalue weighted by Crippen LogP contribution is 2.29. The summed E-state index contributed by atoms with van der Waals surface area (Å²) in [6.07, 6.45) is 1.38. The van der Waals surface area contributed by atoms with Gasteiger partial charge in [0.1, 0.15) is 18.4 Å². The average molecular weight is 444 g/mol. The Kier molecular flexibility index (Phi) is 7.37. The number of nitrogens with one attached hydrogen (secondary N) is 2. The van der Waals surface area contributed by atoms with Gasteiger partial charge in [0, 0.05) is 0 Å². The first kappa shape index (κ1) is 22.7. The van der Waals surface area contributed by atoms with Crippen molar-refractivity contribution in [2.45, 2.75) is 19.4 Å². The number of rotatable bonds is 9. The maximum atomic E-state index is 12.6. The normalized spacial score (nSPS) is 15.5. The van der Waals surface area contributed by atoms with Crippen LogP contribution < -0.4 is 20.1 Å². The predicted molar refractivity (Wildman–Crippen MR) is 111 cm³/mol. The fourth-order valence-corrected chi connectivity index (χ4v) is 3.21. The molecular formula is C22H24N2O8. The number of benzene rings is 1. The van der Waals surface area contributed by atoms with Crippen molar-refractivity contribution in [3.05, 3.63) is 59.2 Å². The van der Waals surface area contributed by atoms with Crippen molar-refractivity contribution in [3.8, 4) is 11.5 Å². The quantitative estimate of drug-likeness (QED) is 0.564. The van der Waals surface area contributed by atoms with Crippen molar-refractivity contribution < 1.29 is 37.7 Å². The zero-order valence-electron chi connectivity index (χ0n) is 17.9. The molecule has 0 spiro atoms. The summed E-state index contributed by atoms with van der Waals surface area (Å²) < 4.78 is 26.2. The van der Waals surface area contributed by atoms with E-state index in [0.717, 1.165) is 0 Å². The number of ether oxygens (including phenoxy) is 4. The molecule has 0 bridgehead atoms. The van der Waals surface area contributed by atoms with Gasteiger partial charge in [-0.3, -0.25) is 4.79 Å². The van der Waals surface area contributed by atoms with Crippen LogP contribution in [0.2, 0.25) is 0 Å². The zero-order chi connectivity index (χ0) is 23.1. The van der Waals surface area contributed by atoms with Crippen molar-refractivity contribution >= 4 is 18.0 Å². The molecule has 0 saturated carbocycles. The van der Waals surface area contributed by atoms with Crippen molar-refractivity contribution in [1.82, 2.24) is 10.6 Å². The standard InChI is InChI=1S/C22H24N2O8/c1-4-30-21(26)19-14(23-22(27)24-20(19)16-6-5-9-31-16)12-32-18(25)11-13-7-8-15(28-2)17(10-13)29-3/h5-10,20H,4,11-12H2,1-3H3,(H2,23,24,27)/t20-/m1/s1. The third kappa shape index (κ3) is 5.20. The SMILES string of the molecule is CCOC(=O)C1=C(COC(=O)Cc2ccc(OC)c(OC)c2)NC(=O)N[C@@H]1c1ccco1. The molecule has 1 atom stereocenters. The number of amides is 2. The van der Waals surface area contributed by atoms with Crippen molar-refractivity contribution in [2.24, 2.45) is 0 Å². The second-order valence-corrected chi connectivity index (χ2v) is 6.69. The molecule has 2 aromatic rings. The van der Waals surface area contributed by atoms with Gasteiger partial charge in [-0.15, -0.1) is 0 Å². The Balaban J connectivity index is 1.78. The van der Waals surface area contributed by atoms with Crippen molar-refractivity contribution in [3.63, 3.8) is 0 Å². The molecule has 170 valence electrons. The van der Waals surface area contributed by atoms with E-state index >= 15 is 0 Å². The summed E-state index contributed by atoms with van der Waals surface area (Å²) in [4.78, 5) is 37.2. The lowest BCUT2D eigenvalue weighted by Crippen LogP contribution is -2.47. The maximum absolute atomic E-state index is 12.6. The minimum atomic E-state index is -0.877. The topological polar surface area (TPSA) is 125 Å². The summed E-state index contributed by atoms with van der Waals surface area (Å²) in [7, 11) is 3.02. The highest BCUT2D eigenvalue weighted by atomic mass is 16.5. The molecule has 0 radical (unpaired) electrons. The third-order valence-electron chi connectivity index (χ3n) is 4.65. The molecule has 2 amide bonds. The van der Waals surface area contributed by atoms with Gasteiger partial charge >= 0.3 is 18.0 Å². The van der Waals surface area contributed by atoms with Gasteiger partial charge in [0.05, 0.1) is 44.8 Å². The lowest BCUT2D eigenvalue weighted by Gasteiger charge is -2.27. The number of urea groups is 1. The molecule has 10 nitrogen and oxygen atoms in total. The number of furan rings is 1. The average Bonchev–Trinajstić information content (AvgIpc) is 3.32. The van der Waals surface area contributed by atoms with Crippen molar-refractivity contribution in [1.29, 1.82) is 0 Å².